The van der Waals surface area contributed by atoms with E-state index in [1.165, 1.54) is 18.4 Å². The first kappa shape index (κ1) is 18.3. The summed E-state index contributed by atoms with van der Waals surface area (Å²) in [4.78, 5) is 25.6. The first-order valence-electron chi connectivity index (χ1n) is 9.61. The number of nitrogens with one attached hydrogen (secondary N) is 1. The standard InChI is InChI=1S/C22H25N5O/c1-22(2,3)16-10-14(13-5-6-13)9-15-17(23)11-18(27-20(15)16)21(28)26-12-19-24-7-4-8-25-19/h4,7-11,13H,5-6,12H2,1-3H3,(H2,23,27)(H,26,28). The smallest absolute Gasteiger partial charge is 0.270 e. The molecule has 1 fully saturated rings. The Morgan fingerprint density at radius 3 is 2.54 bits per heavy atom. The van der Waals surface area contributed by atoms with Gasteiger partial charge in [0.05, 0.1) is 12.1 Å². The van der Waals surface area contributed by atoms with Crippen molar-refractivity contribution in [1.82, 2.24) is 20.3 Å². The van der Waals surface area contributed by atoms with Crippen LogP contribution in [0.4, 0.5) is 5.69 Å². The van der Waals surface area contributed by atoms with Gasteiger partial charge >= 0.3 is 0 Å². The summed E-state index contributed by atoms with van der Waals surface area (Å²) in [5.74, 6) is 0.889. The molecule has 1 aromatic carbocycles. The Morgan fingerprint density at radius 1 is 1.18 bits per heavy atom. The number of benzene rings is 1. The normalized spacial score (nSPS) is 14.2. The van der Waals surface area contributed by atoms with E-state index in [4.69, 9.17) is 10.7 Å². The molecule has 28 heavy (non-hydrogen) atoms. The number of nitrogens with zero attached hydrogens (tertiary/aromatic N) is 3. The van der Waals surface area contributed by atoms with E-state index in [1.807, 2.05) is 0 Å². The monoisotopic (exact) mass is 375 g/mol. The van der Waals surface area contributed by atoms with Crippen molar-refractivity contribution in [3.63, 3.8) is 0 Å². The van der Waals surface area contributed by atoms with Crippen molar-refractivity contribution in [2.45, 2.75) is 51.5 Å². The Kier molecular flexibility index (Phi) is 4.49. The molecule has 0 aliphatic heterocycles. The van der Waals surface area contributed by atoms with Crippen LogP contribution in [0.2, 0.25) is 0 Å². The number of hydrogen-bond acceptors (Lipinski definition) is 5. The van der Waals surface area contributed by atoms with Gasteiger partial charge in [-0.25, -0.2) is 15.0 Å². The maximum atomic E-state index is 12.7. The number of amides is 1. The van der Waals surface area contributed by atoms with Gasteiger partial charge < -0.3 is 11.1 Å². The molecule has 0 radical (unpaired) electrons. The molecule has 2 aromatic heterocycles. The van der Waals surface area contributed by atoms with Crippen LogP contribution >= 0.6 is 0 Å². The minimum atomic E-state index is -0.285. The lowest BCUT2D eigenvalue weighted by Crippen LogP contribution is -2.25. The van der Waals surface area contributed by atoms with Crippen LogP contribution in [-0.4, -0.2) is 20.9 Å². The van der Waals surface area contributed by atoms with Gasteiger partial charge in [-0.3, -0.25) is 4.79 Å². The number of nitrogen functional groups attached to an aromatic ring is 1. The summed E-state index contributed by atoms with van der Waals surface area (Å²) in [6.45, 7) is 6.73. The zero-order valence-corrected chi connectivity index (χ0v) is 16.5. The average Bonchev–Trinajstić information content (AvgIpc) is 3.50. The van der Waals surface area contributed by atoms with Crippen LogP contribution in [0, 0.1) is 0 Å². The molecule has 0 saturated heterocycles. The fourth-order valence-electron chi connectivity index (χ4n) is 3.39. The SMILES string of the molecule is CC(C)(C)c1cc(C2CC2)cc2c(N)cc(C(=O)NCc3ncccn3)nc12. The molecular formula is C22H25N5O. The van der Waals surface area contributed by atoms with Crippen molar-refractivity contribution in [3.8, 4) is 0 Å². The molecule has 6 heteroatoms. The number of anilines is 1. The second-order valence-electron chi connectivity index (χ2n) is 8.43. The molecule has 1 aliphatic rings. The summed E-state index contributed by atoms with van der Waals surface area (Å²) in [5, 5.41) is 3.75. The molecule has 1 saturated carbocycles. The summed E-state index contributed by atoms with van der Waals surface area (Å²) >= 11 is 0. The van der Waals surface area contributed by atoms with Gasteiger partial charge in [0.2, 0.25) is 0 Å². The van der Waals surface area contributed by atoms with Crippen molar-refractivity contribution >= 4 is 22.5 Å². The van der Waals surface area contributed by atoms with Gasteiger partial charge in [0.15, 0.2) is 0 Å². The van der Waals surface area contributed by atoms with E-state index in [2.05, 4.69) is 48.2 Å². The number of nitrogens with two attached hydrogens (primary N) is 1. The van der Waals surface area contributed by atoms with Crippen LogP contribution < -0.4 is 11.1 Å². The second-order valence-corrected chi connectivity index (χ2v) is 8.43. The highest BCUT2D eigenvalue weighted by molar-refractivity contribution is 6.00. The van der Waals surface area contributed by atoms with Crippen molar-refractivity contribution in [1.29, 1.82) is 0 Å². The Labute approximate surface area is 164 Å². The number of fused-ring (bicyclic) bond motifs is 1. The molecular weight excluding hydrogens is 350 g/mol. The lowest BCUT2D eigenvalue weighted by atomic mass is 9.83. The first-order chi connectivity index (χ1) is 13.3. The van der Waals surface area contributed by atoms with E-state index in [9.17, 15) is 4.79 Å². The fraction of sp³-hybridized carbons (Fsp3) is 0.364. The Bertz CT molecular complexity index is 1040. The van der Waals surface area contributed by atoms with E-state index >= 15 is 0 Å². The highest BCUT2D eigenvalue weighted by Gasteiger charge is 2.28. The summed E-state index contributed by atoms with van der Waals surface area (Å²) < 4.78 is 0. The molecule has 4 rings (SSSR count). The Hall–Kier alpha value is -3.02. The third-order valence-corrected chi connectivity index (χ3v) is 5.08. The molecule has 3 aromatic rings. The summed E-state index contributed by atoms with van der Waals surface area (Å²) in [6.07, 6.45) is 5.75. The van der Waals surface area contributed by atoms with Crippen molar-refractivity contribution in [2.75, 3.05) is 5.73 Å². The largest absolute Gasteiger partial charge is 0.398 e. The molecule has 1 aliphatic carbocycles. The third kappa shape index (κ3) is 3.67. The predicted molar refractivity (Wildman–Crippen MR) is 110 cm³/mol. The fourth-order valence-corrected chi connectivity index (χ4v) is 3.39. The van der Waals surface area contributed by atoms with Crippen LogP contribution in [-0.2, 0) is 12.0 Å². The number of carbonyl (C=O) groups excluding carboxylic acids is 1. The highest BCUT2D eigenvalue weighted by atomic mass is 16.1. The number of pyridine rings is 1. The summed E-state index contributed by atoms with van der Waals surface area (Å²) in [7, 11) is 0. The molecule has 0 atom stereocenters. The zero-order chi connectivity index (χ0) is 19.9. The predicted octanol–water partition coefficient (Wildman–Crippen LogP) is 3.71. The van der Waals surface area contributed by atoms with Crippen LogP contribution in [0.25, 0.3) is 10.9 Å². The van der Waals surface area contributed by atoms with E-state index in [-0.39, 0.29) is 17.9 Å². The van der Waals surface area contributed by atoms with E-state index in [1.54, 1.807) is 24.5 Å². The van der Waals surface area contributed by atoms with Gasteiger partial charge in [-0.1, -0.05) is 26.8 Å². The first-order valence-corrected chi connectivity index (χ1v) is 9.61. The lowest BCUT2D eigenvalue weighted by molar-refractivity contribution is 0.0945. The molecule has 144 valence electrons. The minimum absolute atomic E-state index is 0.102. The maximum Gasteiger partial charge on any atom is 0.270 e. The van der Waals surface area contributed by atoms with Gasteiger partial charge in [0.1, 0.15) is 11.5 Å². The second kappa shape index (κ2) is 6.86. The number of aromatic nitrogens is 3. The van der Waals surface area contributed by atoms with E-state index in [0.717, 1.165) is 16.5 Å². The summed E-state index contributed by atoms with van der Waals surface area (Å²) in [5.41, 5.74) is 10.4. The van der Waals surface area contributed by atoms with Crippen molar-refractivity contribution in [2.24, 2.45) is 0 Å². The summed E-state index contributed by atoms with van der Waals surface area (Å²) in [6, 6.07) is 7.78. The highest BCUT2D eigenvalue weighted by Crippen LogP contribution is 2.43. The van der Waals surface area contributed by atoms with Crippen molar-refractivity contribution in [3.05, 3.63) is 59.3 Å². The maximum absolute atomic E-state index is 12.7. The Morgan fingerprint density at radius 2 is 1.89 bits per heavy atom. The minimum Gasteiger partial charge on any atom is -0.398 e. The van der Waals surface area contributed by atoms with Gasteiger partial charge in [-0.05, 0) is 53.5 Å². The Balaban J connectivity index is 1.72. The number of carbonyl (C=O) groups is 1. The molecule has 2 heterocycles. The number of rotatable bonds is 4. The van der Waals surface area contributed by atoms with E-state index < -0.39 is 0 Å². The molecule has 0 spiro atoms. The topological polar surface area (TPSA) is 93.8 Å². The quantitative estimate of drug-likeness (QED) is 0.725. The molecule has 0 unspecified atom stereocenters. The van der Waals surface area contributed by atoms with Gasteiger partial charge in [0.25, 0.3) is 5.91 Å². The van der Waals surface area contributed by atoms with Gasteiger partial charge in [-0.15, -0.1) is 0 Å². The van der Waals surface area contributed by atoms with Gasteiger partial charge in [-0.2, -0.15) is 0 Å². The molecule has 1 amide bonds. The van der Waals surface area contributed by atoms with Crippen LogP contribution in [0.15, 0.2) is 36.7 Å². The zero-order valence-electron chi connectivity index (χ0n) is 16.5. The molecule has 6 nitrogen and oxygen atoms in total. The van der Waals surface area contributed by atoms with Crippen molar-refractivity contribution < 1.29 is 4.79 Å². The lowest BCUT2D eigenvalue weighted by Gasteiger charge is -2.23. The van der Waals surface area contributed by atoms with Crippen LogP contribution in [0.5, 0.6) is 0 Å². The van der Waals surface area contributed by atoms with E-state index in [0.29, 0.717) is 23.1 Å². The third-order valence-electron chi connectivity index (χ3n) is 5.08. The van der Waals surface area contributed by atoms with Crippen LogP contribution in [0.3, 0.4) is 0 Å². The average molecular weight is 375 g/mol. The van der Waals surface area contributed by atoms with Gasteiger partial charge in [0, 0.05) is 23.5 Å². The number of hydrogen-bond donors (Lipinski definition) is 2. The molecule has 0 bridgehead atoms. The van der Waals surface area contributed by atoms with Crippen LogP contribution in [0.1, 0.15) is 67.0 Å². The molecule has 3 N–H and O–H groups in total.